The van der Waals surface area contributed by atoms with E-state index in [2.05, 4.69) is 0 Å². The lowest BCUT2D eigenvalue weighted by Gasteiger charge is -2.26. The number of nitro benzene ring substituents is 1. The van der Waals surface area contributed by atoms with Gasteiger partial charge in [0.2, 0.25) is 15.9 Å². The number of nitro groups is 1. The third-order valence-electron chi connectivity index (χ3n) is 4.99. The average Bonchev–Trinajstić information content (AvgIpc) is 3.23. The highest BCUT2D eigenvalue weighted by Gasteiger charge is 2.30. The second-order valence-corrected chi connectivity index (χ2v) is 8.81. The van der Waals surface area contributed by atoms with Gasteiger partial charge < -0.3 is 14.5 Å². The molecule has 11 heteroatoms. The molecule has 1 aromatic rings. The topological polar surface area (TPSA) is 113 Å². The van der Waals surface area contributed by atoms with E-state index in [4.69, 9.17) is 4.74 Å². The molecule has 2 aliphatic rings. The van der Waals surface area contributed by atoms with Gasteiger partial charge in [-0.3, -0.25) is 14.9 Å². The number of likely N-dealkylation sites (tertiary alicyclic amines) is 1. The molecule has 0 bridgehead atoms. The number of anilines is 1. The first-order chi connectivity index (χ1) is 13.3. The largest absolute Gasteiger partial charge is 0.379 e. The van der Waals surface area contributed by atoms with Gasteiger partial charge in [0.1, 0.15) is 5.69 Å². The molecule has 3 rings (SSSR count). The first-order valence-electron chi connectivity index (χ1n) is 9.16. The third-order valence-corrected chi connectivity index (χ3v) is 6.89. The molecule has 154 valence electrons. The van der Waals surface area contributed by atoms with Crippen molar-refractivity contribution in [2.75, 3.05) is 57.9 Å². The van der Waals surface area contributed by atoms with Crippen molar-refractivity contribution in [3.05, 3.63) is 28.3 Å². The third kappa shape index (κ3) is 4.26. The van der Waals surface area contributed by atoms with Crippen molar-refractivity contribution in [2.45, 2.75) is 17.7 Å². The number of carbonyl (C=O) groups is 1. The van der Waals surface area contributed by atoms with Crippen molar-refractivity contribution in [1.29, 1.82) is 0 Å². The van der Waals surface area contributed by atoms with Gasteiger partial charge in [-0.1, -0.05) is 0 Å². The lowest BCUT2D eigenvalue weighted by molar-refractivity contribution is -0.384. The summed E-state index contributed by atoms with van der Waals surface area (Å²) in [6.07, 6.45) is 1.92. The highest BCUT2D eigenvalue weighted by molar-refractivity contribution is 7.89. The van der Waals surface area contributed by atoms with Crippen LogP contribution in [-0.4, -0.2) is 81.4 Å². The smallest absolute Gasteiger partial charge is 0.293 e. The molecule has 10 nitrogen and oxygen atoms in total. The van der Waals surface area contributed by atoms with Gasteiger partial charge in [-0.2, -0.15) is 4.31 Å². The summed E-state index contributed by atoms with van der Waals surface area (Å²) in [5, 5.41) is 11.6. The Morgan fingerprint density at radius 3 is 2.46 bits per heavy atom. The minimum absolute atomic E-state index is 0.00357. The number of nitrogens with zero attached hydrogens (tertiary/aromatic N) is 4. The summed E-state index contributed by atoms with van der Waals surface area (Å²) in [5.41, 5.74) is -0.135. The molecule has 0 aromatic heterocycles. The molecule has 0 saturated carbocycles. The number of morpholine rings is 1. The van der Waals surface area contributed by atoms with Gasteiger partial charge in [0.05, 0.1) is 29.6 Å². The molecule has 0 spiro atoms. The summed E-state index contributed by atoms with van der Waals surface area (Å²) in [4.78, 5) is 26.4. The Balaban J connectivity index is 1.84. The summed E-state index contributed by atoms with van der Waals surface area (Å²) >= 11 is 0. The van der Waals surface area contributed by atoms with Crippen LogP contribution < -0.4 is 4.90 Å². The van der Waals surface area contributed by atoms with E-state index in [9.17, 15) is 23.3 Å². The number of hydrogen-bond acceptors (Lipinski definition) is 7. The van der Waals surface area contributed by atoms with Gasteiger partial charge in [-0.25, -0.2) is 8.42 Å². The monoisotopic (exact) mass is 412 g/mol. The van der Waals surface area contributed by atoms with Crippen molar-refractivity contribution in [3.63, 3.8) is 0 Å². The van der Waals surface area contributed by atoms with Crippen molar-refractivity contribution in [2.24, 2.45) is 0 Å². The number of ether oxygens (including phenoxy) is 1. The molecule has 1 amide bonds. The normalized spacial score (nSPS) is 18.2. The molecule has 2 heterocycles. The Morgan fingerprint density at radius 2 is 1.86 bits per heavy atom. The molecule has 1 aromatic carbocycles. The summed E-state index contributed by atoms with van der Waals surface area (Å²) in [6, 6.07) is 3.81. The predicted octanol–water partition coefficient (Wildman–Crippen LogP) is 0.674. The summed E-state index contributed by atoms with van der Waals surface area (Å²) in [5.74, 6) is -0.0979. The van der Waals surface area contributed by atoms with Gasteiger partial charge in [-0.15, -0.1) is 0 Å². The van der Waals surface area contributed by atoms with Gasteiger partial charge in [0.15, 0.2) is 0 Å². The van der Waals surface area contributed by atoms with Gasteiger partial charge in [0.25, 0.3) is 5.69 Å². The number of likely N-dealkylation sites (N-methyl/N-ethyl adjacent to an activating group) is 1. The molecule has 2 fully saturated rings. The van der Waals surface area contributed by atoms with Crippen LogP contribution in [0.5, 0.6) is 0 Å². The standard InChI is InChI=1S/C17H24N4O6S/c1-18(13-17(22)19-6-2-3-7-19)15-5-4-14(12-16(15)21(23)24)28(25,26)20-8-10-27-11-9-20/h4-5,12H,2-3,6-11,13H2,1H3. The van der Waals surface area contributed by atoms with E-state index >= 15 is 0 Å². The number of hydrogen-bond donors (Lipinski definition) is 0. The molecule has 0 unspecified atom stereocenters. The van der Waals surface area contributed by atoms with E-state index in [1.165, 1.54) is 21.3 Å². The van der Waals surface area contributed by atoms with Crippen molar-refractivity contribution >= 4 is 27.3 Å². The van der Waals surface area contributed by atoms with Crippen LogP contribution in [0.3, 0.4) is 0 Å². The average molecular weight is 412 g/mol. The van der Waals surface area contributed by atoms with Gasteiger partial charge in [-0.05, 0) is 25.0 Å². The summed E-state index contributed by atoms with van der Waals surface area (Å²) < 4.78 is 32.0. The molecule has 2 aliphatic heterocycles. The quantitative estimate of drug-likeness (QED) is 0.498. The van der Waals surface area contributed by atoms with Crippen LogP contribution in [0.2, 0.25) is 0 Å². The molecular weight excluding hydrogens is 388 g/mol. The number of benzene rings is 1. The highest BCUT2D eigenvalue weighted by atomic mass is 32.2. The maximum atomic E-state index is 12.8. The zero-order valence-electron chi connectivity index (χ0n) is 15.7. The van der Waals surface area contributed by atoms with Crippen LogP contribution in [0.4, 0.5) is 11.4 Å². The Hall–Kier alpha value is -2.24. The van der Waals surface area contributed by atoms with E-state index in [0.29, 0.717) is 26.3 Å². The van der Waals surface area contributed by atoms with Crippen LogP contribution in [0, 0.1) is 10.1 Å². The minimum atomic E-state index is -3.84. The van der Waals surface area contributed by atoms with E-state index in [1.54, 1.807) is 11.9 Å². The second-order valence-electron chi connectivity index (χ2n) is 6.87. The lowest BCUT2D eigenvalue weighted by Crippen LogP contribution is -2.40. The van der Waals surface area contributed by atoms with Crippen LogP contribution in [0.1, 0.15) is 12.8 Å². The van der Waals surface area contributed by atoms with Crippen molar-refractivity contribution < 1.29 is 22.9 Å². The molecule has 2 saturated heterocycles. The molecule has 0 N–H and O–H groups in total. The zero-order chi connectivity index (χ0) is 20.3. The number of sulfonamides is 1. The van der Waals surface area contributed by atoms with Crippen LogP contribution in [0.15, 0.2) is 23.1 Å². The Bertz CT molecular complexity index is 847. The summed E-state index contributed by atoms with van der Waals surface area (Å²) in [7, 11) is -2.25. The van der Waals surface area contributed by atoms with E-state index in [1.807, 2.05) is 0 Å². The summed E-state index contributed by atoms with van der Waals surface area (Å²) in [6.45, 7) is 2.40. The Labute approximate surface area is 163 Å². The fourth-order valence-corrected chi connectivity index (χ4v) is 4.85. The van der Waals surface area contributed by atoms with E-state index in [-0.39, 0.29) is 41.8 Å². The molecule has 0 radical (unpaired) electrons. The fourth-order valence-electron chi connectivity index (χ4n) is 3.42. The van der Waals surface area contributed by atoms with Gasteiger partial charge >= 0.3 is 0 Å². The van der Waals surface area contributed by atoms with Crippen LogP contribution in [-0.2, 0) is 19.6 Å². The second kappa shape index (κ2) is 8.41. The van der Waals surface area contributed by atoms with Crippen molar-refractivity contribution in [1.82, 2.24) is 9.21 Å². The molecule has 0 aliphatic carbocycles. The van der Waals surface area contributed by atoms with Crippen LogP contribution >= 0.6 is 0 Å². The lowest BCUT2D eigenvalue weighted by atomic mass is 10.2. The van der Waals surface area contributed by atoms with Crippen molar-refractivity contribution in [3.8, 4) is 0 Å². The maximum Gasteiger partial charge on any atom is 0.293 e. The number of carbonyl (C=O) groups excluding carboxylic acids is 1. The first-order valence-corrected chi connectivity index (χ1v) is 10.6. The van der Waals surface area contributed by atoms with E-state index in [0.717, 1.165) is 18.9 Å². The Morgan fingerprint density at radius 1 is 1.21 bits per heavy atom. The zero-order valence-corrected chi connectivity index (χ0v) is 16.6. The van der Waals surface area contributed by atoms with Gasteiger partial charge in [0, 0.05) is 39.3 Å². The van der Waals surface area contributed by atoms with E-state index < -0.39 is 14.9 Å². The molecular formula is C17H24N4O6S. The SMILES string of the molecule is CN(CC(=O)N1CCCC1)c1ccc(S(=O)(=O)N2CCOCC2)cc1[N+](=O)[O-]. The van der Waals surface area contributed by atoms with Crippen LogP contribution in [0.25, 0.3) is 0 Å². The number of rotatable bonds is 6. The predicted molar refractivity (Wildman–Crippen MR) is 102 cm³/mol. The molecule has 0 atom stereocenters. The highest BCUT2D eigenvalue weighted by Crippen LogP contribution is 2.31. The Kier molecular flexibility index (Phi) is 6.16. The maximum absolute atomic E-state index is 12.8. The first kappa shape index (κ1) is 20.5. The molecule has 28 heavy (non-hydrogen) atoms. The number of amides is 1. The fraction of sp³-hybridized carbons (Fsp3) is 0.588. The minimum Gasteiger partial charge on any atom is -0.379 e.